The van der Waals surface area contributed by atoms with Crippen LogP contribution in [0.5, 0.6) is 5.75 Å². The van der Waals surface area contributed by atoms with E-state index in [1.807, 2.05) is 13.0 Å². The van der Waals surface area contributed by atoms with Gasteiger partial charge < -0.3 is 9.47 Å². The maximum absolute atomic E-state index is 13.9. The van der Waals surface area contributed by atoms with E-state index in [1.54, 1.807) is 0 Å². The van der Waals surface area contributed by atoms with Gasteiger partial charge in [-0.3, -0.25) is 0 Å². The van der Waals surface area contributed by atoms with E-state index in [9.17, 15) is 9.18 Å². The van der Waals surface area contributed by atoms with Crippen molar-refractivity contribution in [2.24, 2.45) is 0 Å². The molecule has 0 unspecified atom stereocenters. The van der Waals surface area contributed by atoms with Crippen LogP contribution < -0.4 is 4.74 Å². The van der Waals surface area contributed by atoms with E-state index in [0.29, 0.717) is 12.3 Å². The molecular formula is C30H40BrFO3. The zero-order chi connectivity index (χ0) is 25.0. The van der Waals surface area contributed by atoms with Crippen molar-refractivity contribution in [3.05, 3.63) is 52.5 Å². The monoisotopic (exact) mass is 546 g/mol. The molecule has 3 nitrogen and oxygen atoms in total. The van der Waals surface area contributed by atoms with E-state index >= 15 is 0 Å². The van der Waals surface area contributed by atoms with Crippen LogP contribution in [0.4, 0.5) is 4.39 Å². The van der Waals surface area contributed by atoms with Crippen LogP contribution in [-0.4, -0.2) is 24.9 Å². The molecule has 0 aliphatic heterocycles. The quantitative estimate of drug-likeness (QED) is 0.185. The fourth-order valence-electron chi connectivity index (χ4n) is 4.71. The number of halogens is 2. The Morgan fingerprint density at radius 3 is 2.29 bits per heavy atom. The van der Waals surface area contributed by atoms with E-state index in [-0.39, 0.29) is 12.5 Å². The van der Waals surface area contributed by atoms with E-state index < -0.39 is 12.1 Å². The number of rotatable bonds is 13. The second kappa shape index (κ2) is 14.6. The second-order valence-electron chi connectivity index (χ2n) is 9.70. The lowest BCUT2D eigenvalue weighted by Gasteiger charge is -2.29. The molecule has 2 aromatic rings. The Kier molecular flexibility index (Phi) is 11.6. The van der Waals surface area contributed by atoms with Crippen molar-refractivity contribution in [2.45, 2.75) is 103 Å². The van der Waals surface area contributed by atoms with Crippen LogP contribution in [-0.2, 0) is 9.53 Å². The molecule has 1 aliphatic rings. The molecule has 1 aliphatic carbocycles. The number of carbonyl (C=O) groups excluding carboxylic acids is 1. The van der Waals surface area contributed by atoms with Gasteiger partial charge in [0.1, 0.15) is 11.9 Å². The molecule has 1 fully saturated rings. The molecule has 0 heterocycles. The van der Waals surface area contributed by atoms with Gasteiger partial charge >= 0.3 is 5.97 Å². The minimum absolute atomic E-state index is 0.150. The molecule has 5 heteroatoms. The van der Waals surface area contributed by atoms with Crippen molar-refractivity contribution in [2.75, 3.05) is 6.61 Å². The van der Waals surface area contributed by atoms with Crippen molar-refractivity contribution in [3.63, 3.8) is 0 Å². The number of carbonyl (C=O) groups is 1. The van der Waals surface area contributed by atoms with Crippen molar-refractivity contribution in [1.82, 2.24) is 0 Å². The van der Waals surface area contributed by atoms with E-state index in [2.05, 4.69) is 59.3 Å². The second-order valence-corrected chi connectivity index (χ2v) is 10.6. The van der Waals surface area contributed by atoms with Gasteiger partial charge in [0.25, 0.3) is 0 Å². The Morgan fingerprint density at radius 2 is 1.63 bits per heavy atom. The normalized spacial score (nSPS) is 18.7. The maximum Gasteiger partial charge on any atom is 0.340 e. The van der Waals surface area contributed by atoms with Crippen molar-refractivity contribution in [3.8, 4) is 16.9 Å². The predicted octanol–water partition coefficient (Wildman–Crippen LogP) is 9.17. The number of alkyl halides is 1. The van der Waals surface area contributed by atoms with Gasteiger partial charge in [0.2, 0.25) is 0 Å². The standard InChI is InChI=1S/C30H40BrFO3/c1-3-5-7-8-20-34-29-19-16-25(21-27(29)31)24-12-10-22(11-13-24)23-14-17-26(18-15-23)35-30(33)28(32)9-6-4-2/h10-13,16,19,21,23,26,28H,3-9,14-15,17-18,20H2,1-2H3/t23-,26-,28-/m0/s1. The Hall–Kier alpha value is -1.88. The minimum Gasteiger partial charge on any atom is -0.492 e. The number of ether oxygens (including phenoxy) is 2. The number of esters is 1. The zero-order valence-electron chi connectivity index (χ0n) is 21.2. The first kappa shape index (κ1) is 27.7. The molecule has 0 amide bonds. The van der Waals surface area contributed by atoms with Gasteiger partial charge in [-0.1, -0.05) is 76.3 Å². The highest BCUT2D eigenvalue weighted by Gasteiger charge is 2.27. The first-order valence-electron chi connectivity index (χ1n) is 13.4. The first-order valence-corrected chi connectivity index (χ1v) is 14.2. The smallest absolute Gasteiger partial charge is 0.340 e. The highest BCUT2D eigenvalue weighted by molar-refractivity contribution is 9.10. The third kappa shape index (κ3) is 8.63. The summed E-state index contributed by atoms with van der Waals surface area (Å²) in [6, 6.07) is 15.0. The van der Waals surface area contributed by atoms with Crippen LogP contribution in [0.3, 0.4) is 0 Å². The van der Waals surface area contributed by atoms with Gasteiger partial charge in [0.05, 0.1) is 11.1 Å². The fraction of sp³-hybridized carbons (Fsp3) is 0.567. The summed E-state index contributed by atoms with van der Waals surface area (Å²) in [6.07, 6.45) is 8.53. The van der Waals surface area contributed by atoms with Gasteiger partial charge in [-0.2, -0.15) is 0 Å². The summed E-state index contributed by atoms with van der Waals surface area (Å²) in [4.78, 5) is 12.0. The molecule has 1 atom stereocenters. The van der Waals surface area contributed by atoms with Gasteiger partial charge in [-0.05, 0) is 89.2 Å². The average molecular weight is 548 g/mol. The lowest BCUT2D eigenvalue weighted by Crippen LogP contribution is -2.28. The first-order chi connectivity index (χ1) is 17.0. The maximum atomic E-state index is 13.9. The SMILES string of the molecule is CCCCCCOc1ccc(-c2ccc([C@H]3CC[C@H](OC(=O)[C@@H](F)CCCC)CC3)cc2)cc1Br. The molecule has 0 radical (unpaired) electrons. The molecule has 0 bridgehead atoms. The summed E-state index contributed by atoms with van der Waals surface area (Å²) in [7, 11) is 0. The zero-order valence-corrected chi connectivity index (χ0v) is 22.8. The number of benzene rings is 2. The lowest BCUT2D eigenvalue weighted by molar-refractivity contribution is -0.157. The fourth-order valence-corrected chi connectivity index (χ4v) is 5.20. The average Bonchev–Trinajstić information content (AvgIpc) is 2.88. The van der Waals surface area contributed by atoms with Crippen LogP contribution in [0.15, 0.2) is 46.9 Å². The van der Waals surface area contributed by atoms with E-state index in [4.69, 9.17) is 9.47 Å². The van der Waals surface area contributed by atoms with Gasteiger partial charge in [-0.25, -0.2) is 9.18 Å². The number of hydrogen-bond donors (Lipinski definition) is 0. The minimum atomic E-state index is -1.48. The lowest BCUT2D eigenvalue weighted by atomic mass is 9.82. The Bertz CT molecular complexity index is 906. The largest absolute Gasteiger partial charge is 0.492 e. The molecular weight excluding hydrogens is 507 g/mol. The molecule has 1 saturated carbocycles. The number of unbranched alkanes of at least 4 members (excludes halogenated alkanes) is 4. The van der Waals surface area contributed by atoms with Crippen LogP contribution in [0.2, 0.25) is 0 Å². The van der Waals surface area contributed by atoms with Gasteiger partial charge in [0.15, 0.2) is 6.17 Å². The van der Waals surface area contributed by atoms with Crippen LogP contribution in [0, 0.1) is 0 Å². The van der Waals surface area contributed by atoms with Crippen LogP contribution in [0.25, 0.3) is 11.1 Å². The Morgan fingerprint density at radius 1 is 0.943 bits per heavy atom. The van der Waals surface area contributed by atoms with Gasteiger partial charge in [-0.15, -0.1) is 0 Å². The van der Waals surface area contributed by atoms with Crippen molar-refractivity contribution >= 4 is 21.9 Å². The highest BCUT2D eigenvalue weighted by atomic mass is 79.9. The molecule has 3 rings (SSSR count). The molecule has 35 heavy (non-hydrogen) atoms. The van der Waals surface area contributed by atoms with Crippen molar-refractivity contribution < 1.29 is 18.7 Å². The van der Waals surface area contributed by atoms with Crippen LogP contribution >= 0.6 is 15.9 Å². The third-order valence-electron chi connectivity index (χ3n) is 6.93. The Balaban J connectivity index is 1.49. The molecule has 0 N–H and O–H groups in total. The molecule has 2 aromatic carbocycles. The summed E-state index contributed by atoms with van der Waals surface area (Å²) in [6.45, 7) is 4.96. The Labute approximate surface area is 218 Å². The van der Waals surface area contributed by atoms with Crippen molar-refractivity contribution in [1.29, 1.82) is 0 Å². The molecule has 0 aromatic heterocycles. The van der Waals surface area contributed by atoms with E-state index in [0.717, 1.165) is 60.9 Å². The highest BCUT2D eigenvalue weighted by Crippen LogP contribution is 2.36. The summed E-state index contributed by atoms with van der Waals surface area (Å²) in [5.74, 6) is 0.671. The van der Waals surface area contributed by atoms with Gasteiger partial charge in [0, 0.05) is 0 Å². The summed E-state index contributed by atoms with van der Waals surface area (Å²) < 4.78 is 26.3. The van der Waals surface area contributed by atoms with Crippen LogP contribution in [0.1, 0.15) is 96.0 Å². The molecule has 0 spiro atoms. The topological polar surface area (TPSA) is 35.5 Å². The molecule has 0 saturated heterocycles. The summed E-state index contributed by atoms with van der Waals surface area (Å²) >= 11 is 3.66. The molecule has 192 valence electrons. The number of hydrogen-bond acceptors (Lipinski definition) is 3. The third-order valence-corrected chi connectivity index (χ3v) is 7.55. The summed E-state index contributed by atoms with van der Waals surface area (Å²) in [5, 5.41) is 0. The van der Waals surface area contributed by atoms with E-state index in [1.165, 1.54) is 30.4 Å². The predicted molar refractivity (Wildman–Crippen MR) is 145 cm³/mol. The summed E-state index contributed by atoms with van der Waals surface area (Å²) in [5.41, 5.74) is 3.64.